The monoisotopic (exact) mass is 310 g/mol. The van der Waals surface area contributed by atoms with Crippen LogP contribution < -0.4 is 4.74 Å². The zero-order valence-corrected chi connectivity index (χ0v) is 10.4. The molecule has 0 heterocycles. The van der Waals surface area contributed by atoms with Gasteiger partial charge in [-0.25, -0.2) is 0 Å². The molecule has 0 radical (unpaired) electrons. The lowest BCUT2D eigenvalue weighted by atomic mass is 10.1. The van der Waals surface area contributed by atoms with Gasteiger partial charge in [0, 0.05) is 4.43 Å². The molecule has 1 nitrogen and oxygen atoms in total. The molecule has 0 N–H and O–H groups in total. The maximum Gasteiger partial charge on any atom is 0.118 e. The number of ether oxygens (including phenoxy) is 1. The highest BCUT2D eigenvalue weighted by Crippen LogP contribution is 2.26. The molecular weight excluding hydrogens is 298 g/mol. The predicted octanol–water partition coefficient (Wildman–Crippen LogP) is 3.80. The van der Waals surface area contributed by atoms with Crippen molar-refractivity contribution < 1.29 is 4.74 Å². The van der Waals surface area contributed by atoms with Gasteiger partial charge in [0.05, 0.1) is 12.5 Å². The molecule has 1 atom stereocenters. The van der Waals surface area contributed by atoms with Crippen LogP contribution in [0.15, 0.2) is 24.3 Å². The van der Waals surface area contributed by atoms with Crippen molar-refractivity contribution >= 4 is 34.2 Å². The first-order valence-corrected chi connectivity index (χ1v) is 6.08. The third kappa shape index (κ3) is 3.35. The fourth-order valence-electron chi connectivity index (χ4n) is 1.08. The number of hydrogen-bond acceptors (Lipinski definition) is 1. The summed E-state index contributed by atoms with van der Waals surface area (Å²) in [7, 11) is 1.66. The van der Waals surface area contributed by atoms with Crippen LogP contribution in [-0.2, 0) is 0 Å². The fourth-order valence-corrected chi connectivity index (χ4v) is 2.32. The van der Waals surface area contributed by atoms with Gasteiger partial charge in [0.2, 0.25) is 0 Å². The Kier molecular flexibility index (Phi) is 4.88. The number of rotatable bonds is 4. The molecule has 1 aromatic rings. The Hall–Kier alpha value is 0.0400. The average molecular weight is 311 g/mol. The van der Waals surface area contributed by atoms with Crippen LogP contribution in [0.4, 0.5) is 0 Å². The smallest absolute Gasteiger partial charge is 0.118 e. The van der Waals surface area contributed by atoms with Crippen LogP contribution >= 0.6 is 34.2 Å². The zero-order valence-electron chi connectivity index (χ0n) is 7.47. The van der Waals surface area contributed by atoms with E-state index < -0.39 is 0 Å². The number of methoxy groups -OCH3 is 1. The van der Waals surface area contributed by atoms with Gasteiger partial charge in [-0.2, -0.15) is 0 Å². The molecule has 0 spiro atoms. The summed E-state index contributed by atoms with van der Waals surface area (Å²) in [5.74, 6) is 0.877. The van der Waals surface area contributed by atoms with Gasteiger partial charge < -0.3 is 4.74 Å². The fraction of sp³-hybridized carbons (Fsp3) is 0.400. The van der Waals surface area contributed by atoms with E-state index in [1.165, 1.54) is 5.56 Å². The number of alkyl halides is 2. The molecule has 0 aliphatic carbocycles. The van der Waals surface area contributed by atoms with E-state index in [1.54, 1.807) is 7.11 Å². The molecule has 3 heteroatoms. The molecule has 0 fully saturated rings. The van der Waals surface area contributed by atoms with E-state index in [-0.39, 0.29) is 5.38 Å². The van der Waals surface area contributed by atoms with Crippen molar-refractivity contribution in [1.29, 1.82) is 0 Å². The molecule has 0 aromatic heterocycles. The third-order valence-electron chi connectivity index (χ3n) is 1.84. The Morgan fingerprint density at radius 1 is 1.38 bits per heavy atom. The molecule has 0 amide bonds. The molecule has 1 rings (SSSR count). The summed E-state index contributed by atoms with van der Waals surface area (Å²) in [6, 6.07) is 7.92. The molecular formula is C10H12ClIO. The molecule has 0 aliphatic rings. The van der Waals surface area contributed by atoms with Crippen LogP contribution in [0.2, 0.25) is 0 Å². The van der Waals surface area contributed by atoms with E-state index >= 15 is 0 Å². The first-order chi connectivity index (χ1) is 6.27. The summed E-state index contributed by atoms with van der Waals surface area (Å²) < 4.78 is 6.15. The summed E-state index contributed by atoms with van der Waals surface area (Å²) in [5, 5.41) is 0.128. The second kappa shape index (κ2) is 5.70. The predicted molar refractivity (Wildman–Crippen MR) is 65.1 cm³/mol. The number of halogens is 2. The van der Waals surface area contributed by atoms with E-state index in [0.717, 1.165) is 16.6 Å². The highest BCUT2D eigenvalue weighted by atomic mass is 127. The molecule has 0 saturated heterocycles. The van der Waals surface area contributed by atoms with Crippen LogP contribution in [-0.4, -0.2) is 11.5 Å². The van der Waals surface area contributed by atoms with E-state index in [2.05, 4.69) is 22.6 Å². The Morgan fingerprint density at radius 3 is 2.46 bits per heavy atom. The Balaban J connectivity index is 2.67. The molecule has 0 saturated carbocycles. The Labute approximate surface area is 97.6 Å². The van der Waals surface area contributed by atoms with Gasteiger partial charge in [-0.3, -0.25) is 0 Å². The second-order valence-corrected chi connectivity index (χ2v) is 4.32. The van der Waals surface area contributed by atoms with Gasteiger partial charge in [0.25, 0.3) is 0 Å². The largest absolute Gasteiger partial charge is 0.497 e. The third-order valence-corrected chi connectivity index (χ3v) is 2.93. The molecule has 13 heavy (non-hydrogen) atoms. The zero-order chi connectivity index (χ0) is 9.68. The average Bonchev–Trinajstić information content (AvgIpc) is 2.18. The van der Waals surface area contributed by atoms with Crippen LogP contribution in [0.25, 0.3) is 0 Å². The van der Waals surface area contributed by atoms with Gasteiger partial charge in [0.1, 0.15) is 5.75 Å². The normalized spacial score (nSPS) is 12.5. The van der Waals surface area contributed by atoms with Crippen LogP contribution in [0.1, 0.15) is 17.4 Å². The Bertz CT molecular complexity index is 248. The lowest BCUT2D eigenvalue weighted by molar-refractivity contribution is 0.414. The number of hydrogen-bond donors (Lipinski definition) is 0. The summed E-state index contributed by atoms with van der Waals surface area (Å²) in [5.41, 5.74) is 1.17. The lowest BCUT2D eigenvalue weighted by Gasteiger charge is -2.08. The van der Waals surface area contributed by atoms with Crippen molar-refractivity contribution in [3.05, 3.63) is 29.8 Å². The van der Waals surface area contributed by atoms with E-state index in [1.807, 2.05) is 24.3 Å². The molecule has 0 aliphatic heterocycles. The minimum atomic E-state index is 0.128. The quantitative estimate of drug-likeness (QED) is 0.607. The maximum absolute atomic E-state index is 6.16. The minimum Gasteiger partial charge on any atom is -0.497 e. The lowest BCUT2D eigenvalue weighted by Crippen LogP contribution is -1.91. The van der Waals surface area contributed by atoms with E-state index in [4.69, 9.17) is 16.3 Å². The molecule has 0 bridgehead atoms. The number of benzene rings is 1. The summed E-state index contributed by atoms with van der Waals surface area (Å²) in [4.78, 5) is 0. The van der Waals surface area contributed by atoms with E-state index in [0.29, 0.717) is 0 Å². The molecule has 72 valence electrons. The van der Waals surface area contributed by atoms with Crippen molar-refractivity contribution in [2.24, 2.45) is 0 Å². The van der Waals surface area contributed by atoms with E-state index in [9.17, 15) is 0 Å². The standard InChI is InChI=1S/C10H12ClIO/c1-13-9-4-2-8(3-5-9)10(11)6-7-12/h2-5,10H,6-7H2,1H3. The van der Waals surface area contributed by atoms with Gasteiger partial charge in [0.15, 0.2) is 0 Å². The van der Waals surface area contributed by atoms with Crippen molar-refractivity contribution in [2.45, 2.75) is 11.8 Å². The first-order valence-electron chi connectivity index (χ1n) is 4.12. The first kappa shape index (κ1) is 11.1. The van der Waals surface area contributed by atoms with Crippen LogP contribution in [0, 0.1) is 0 Å². The SMILES string of the molecule is COc1ccc(C(Cl)CCI)cc1. The van der Waals surface area contributed by atoms with Gasteiger partial charge >= 0.3 is 0 Å². The Morgan fingerprint density at radius 2 is 2.00 bits per heavy atom. The van der Waals surface area contributed by atoms with Crippen molar-refractivity contribution in [3.63, 3.8) is 0 Å². The highest BCUT2D eigenvalue weighted by Gasteiger charge is 2.06. The van der Waals surface area contributed by atoms with Crippen LogP contribution in [0.3, 0.4) is 0 Å². The summed E-state index contributed by atoms with van der Waals surface area (Å²) in [6.45, 7) is 0. The second-order valence-electron chi connectivity index (χ2n) is 2.72. The van der Waals surface area contributed by atoms with Gasteiger partial charge in [-0.1, -0.05) is 34.7 Å². The molecule has 1 unspecified atom stereocenters. The minimum absolute atomic E-state index is 0.128. The van der Waals surface area contributed by atoms with Crippen molar-refractivity contribution in [3.8, 4) is 5.75 Å². The summed E-state index contributed by atoms with van der Waals surface area (Å²) in [6.07, 6.45) is 1.01. The van der Waals surface area contributed by atoms with Gasteiger partial charge in [-0.05, 0) is 24.1 Å². The maximum atomic E-state index is 6.16. The van der Waals surface area contributed by atoms with Crippen LogP contribution in [0.5, 0.6) is 5.75 Å². The highest BCUT2D eigenvalue weighted by molar-refractivity contribution is 14.1. The van der Waals surface area contributed by atoms with Crippen molar-refractivity contribution in [1.82, 2.24) is 0 Å². The molecule has 1 aromatic carbocycles. The van der Waals surface area contributed by atoms with Gasteiger partial charge in [-0.15, -0.1) is 11.6 Å². The topological polar surface area (TPSA) is 9.23 Å². The summed E-state index contributed by atoms with van der Waals surface area (Å²) >= 11 is 8.49. The van der Waals surface area contributed by atoms with Crippen molar-refractivity contribution in [2.75, 3.05) is 11.5 Å².